The largest absolute Gasteiger partial charge is 0.497 e. The van der Waals surface area contributed by atoms with Crippen molar-refractivity contribution in [2.45, 2.75) is 12.3 Å². The molecule has 10 heteroatoms. The molecule has 0 bridgehead atoms. The summed E-state index contributed by atoms with van der Waals surface area (Å²) in [4.78, 5) is 23.5. The lowest BCUT2D eigenvalue weighted by atomic mass is 9.98. The number of halogens is 5. The molecule has 1 aliphatic heterocycles. The molecule has 1 aliphatic rings. The van der Waals surface area contributed by atoms with E-state index in [2.05, 4.69) is 31.9 Å². The number of fused-ring (bicyclic) bond motifs is 1. The molecule has 5 nitrogen and oxygen atoms in total. The number of rotatable bonds is 3. The van der Waals surface area contributed by atoms with E-state index in [1.54, 1.807) is 24.3 Å². The Morgan fingerprint density at radius 2 is 1.85 bits per heavy atom. The van der Waals surface area contributed by atoms with E-state index in [4.69, 9.17) is 9.47 Å². The van der Waals surface area contributed by atoms with Gasteiger partial charge in [0.05, 0.1) is 22.8 Å². The summed E-state index contributed by atoms with van der Waals surface area (Å²) in [6.07, 6.45) is -5.90. The second-order valence-electron chi connectivity index (χ2n) is 5.52. The Morgan fingerprint density at radius 1 is 1.22 bits per heavy atom. The molecule has 1 unspecified atom stereocenters. The minimum atomic E-state index is -5.06. The minimum Gasteiger partial charge on any atom is -0.497 e. The van der Waals surface area contributed by atoms with Crippen molar-refractivity contribution in [3.05, 3.63) is 56.0 Å². The van der Waals surface area contributed by atoms with Crippen LogP contribution >= 0.6 is 31.9 Å². The van der Waals surface area contributed by atoms with E-state index >= 15 is 0 Å². The van der Waals surface area contributed by atoms with Crippen molar-refractivity contribution >= 4 is 49.4 Å². The van der Waals surface area contributed by atoms with Crippen molar-refractivity contribution in [2.75, 3.05) is 12.4 Å². The first-order chi connectivity index (χ1) is 12.6. The number of hydrogen-bond acceptors (Lipinski definition) is 4. The number of benzene rings is 2. The lowest BCUT2D eigenvalue weighted by Crippen LogP contribution is -2.30. The number of hydrogen-bond donors (Lipinski definition) is 1. The van der Waals surface area contributed by atoms with Gasteiger partial charge in [0.15, 0.2) is 6.10 Å². The number of cyclic esters (lactones) is 1. The van der Waals surface area contributed by atoms with Crippen LogP contribution in [0.25, 0.3) is 0 Å². The molecule has 0 aromatic heterocycles. The van der Waals surface area contributed by atoms with Gasteiger partial charge in [0.1, 0.15) is 5.75 Å². The van der Waals surface area contributed by atoms with Gasteiger partial charge in [0.2, 0.25) is 0 Å². The van der Waals surface area contributed by atoms with Gasteiger partial charge < -0.3 is 14.8 Å². The molecule has 1 atom stereocenters. The van der Waals surface area contributed by atoms with Gasteiger partial charge in [-0.05, 0) is 55.6 Å². The normalized spacial score (nSPS) is 15.9. The molecule has 0 fully saturated rings. The van der Waals surface area contributed by atoms with Crippen LogP contribution in [-0.2, 0) is 9.53 Å². The third kappa shape index (κ3) is 3.68. The Balaban J connectivity index is 2.07. The van der Waals surface area contributed by atoms with E-state index in [1.165, 1.54) is 13.2 Å². The van der Waals surface area contributed by atoms with Crippen molar-refractivity contribution in [1.82, 2.24) is 0 Å². The van der Waals surface area contributed by atoms with Gasteiger partial charge in [0, 0.05) is 10.0 Å². The van der Waals surface area contributed by atoms with E-state index in [0.29, 0.717) is 16.9 Å². The van der Waals surface area contributed by atoms with Gasteiger partial charge in [-0.25, -0.2) is 4.79 Å². The van der Waals surface area contributed by atoms with Crippen molar-refractivity contribution in [3.63, 3.8) is 0 Å². The SMILES string of the molecule is COc1ccc(C2OC(=O)c3cc(Br)c(NC(=O)C(F)(F)F)c(Br)c32)cc1. The van der Waals surface area contributed by atoms with Crippen LogP contribution in [0.4, 0.5) is 18.9 Å². The van der Waals surface area contributed by atoms with E-state index in [1.807, 2.05) is 5.32 Å². The van der Waals surface area contributed by atoms with E-state index < -0.39 is 24.2 Å². The first-order valence-electron chi connectivity index (χ1n) is 7.38. The Bertz CT molecular complexity index is 929. The molecule has 142 valence electrons. The quantitative estimate of drug-likeness (QED) is 0.594. The summed E-state index contributed by atoms with van der Waals surface area (Å²) in [5, 5.41) is 1.81. The van der Waals surface area contributed by atoms with Gasteiger partial charge in [-0.2, -0.15) is 13.2 Å². The number of nitrogens with one attached hydrogen (secondary N) is 1. The topological polar surface area (TPSA) is 64.6 Å². The highest BCUT2D eigenvalue weighted by Gasteiger charge is 2.41. The fourth-order valence-corrected chi connectivity index (χ4v) is 4.13. The lowest BCUT2D eigenvalue weighted by Gasteiger charge is -2.17. The van der Waals surface area contributed by atoms with Gasteiger partial charge in [-0.3, -0.25) is 4.79 Å². The second kappa shape index (κ2) is 7.16. The van der Waals surface area contributed by atoms with Crippen LogP contribution in [0.2, 0.25) is 0 Å². The molecule has 1 N–H and O–H groups in total. The third-order valence-corrected chi connectivity index (χ3v) is 5.33. The van der Waals surface area contributed by atoms with Crippen LogP contribution in [0.3, 0.4) is 0 Å². The van der Waals surface area contributed by atoms with Crippen LogP contribution in [0.1, 0.15) is 27.6 Å². The van der Waals surface area contributed by atoms with Gasteiger partial charge in [0.25, 0.3) is 0 Å². The van der Waals surface area contributed by atoms with E-state index in [0.717, 1.165) is 0 Å². The molecule has 0 saturated heterocycles. The maximum absolute atomic E-state index is 12.6. The number of carbonyl (C=O) groups excluding carboxylic acids is 2. The van der Waals surface area contributed by atoms with Gasteiger partial charge in [-0.1, -0.05) is 12.1 Å². The highest BCUT2D eigenvalue weighted by atomic mass is 79.9. The predicted octanol–water partition coefficient (Wildman–Crippen LogP) is 4.98. The highest BCUT2D eigenvalue weighted by Crippen LogP contribution is 2.46. The van der Waals surface area contributed by atoms with Crippen molar-refractivity contribution < 1.29 is 32.2 Å². The van der Waals surface area contributed by atoms with Crippen molar-refractivity contribution in [1.29, 1.82) is 0 Å². The third-order valence-electron chi connectivity index (χ3n) is 3.88. The van der Waals surface area contributed by atoms with E-state index in [9.17, 15) is 22.8 Å². The zero-order chi connectivity index (χ0) is 19.9. The summed E-state index contributed by atoms with van der Waals surface area (Å²) in [6.45, 7) is 0. The number of alkyl halides is 3. The number of ether oxygens (including phenoxy) is 2. The zero-order valence-corrected chi connectivity index (χ0v) is 16.7. The van der Waals surface area contributed by atoms with Crippen LogP contribution < -0.4 is 10.1 Å². The maximum Gasteiger partial charge on any atom is 0.471 e. The maximum atomic E-state index is 12.6. The average molecular weight is 509 g/mol. The van der Waals surface area contributed by atoms with Crippen molar-refractivity contribution in [2.24, 2.45) is 0 Å². The lowest BCUT2D eigenvalue weighted by molar-refractivity contribution is -0.167. The van der Waals surface area contributed by atoms with Crippen LogP contribution in [0.15, 0.2) is 39.3 Å². The number of anilines is 1. The van der Waals surface area contributed by atoms with Crippen molar-refractivity contribution in [3.8, 4) is 5.75 Å². The Hall–Kier alpha value is -2.07. The summed E-state index contributed by atoms with van der Waals surface area (Å²) < 4.78 is 48.5. The molecule has 0 aliphatic carbocycles. The highest BCUT2D eigenvalue weighted by molar-refractivity contribution is 9.11. The molecule has 1 heterocycles. The van der Waals surface area contributed by atoms with Crippen LogP contribution in [0.5, 0.6) is 5.75 Å². The summed E-state index contributed by atoms with van der Waals surface area (Å²) in [5.41, 5.74) is 0.956. The number of amides is 1. The Morgan fingerprint density at radius 3 is 2.41 bits per heavy atom. The molecule has 3 rings (SSSR count). The molecule has 1 amide bonds. The number of methoxy groups -OCH3 is 1. The standard InChI is InChI=1S/C17H10Br2F3NO4/c1-26-8-4-2-7(3-5-8)14-11-9(15(24)27-14)6-10(18)13(12(11)19)23-16(25)17(20,21)22/h2-6,14H,1H3,(H,23,25). The average Bonchev–Trinajstić information content (AvgIpc) is 2.94. The van der Waals surface area contributed by atoms with Crippen LogP contribution in [0, 0.1) is 0 Å². The molecule has 27 heavy (non-hydrogen) atoms. The summed E-state index contributed by atoms with van der Waals surface area (Å²) >= 11 is 6.28. The minimum absolute atomic E-state index is 0.109. The van der Waals surface area contributed by atoms with Gasteiger partial charge in [-0.15, -0.1) is 0 Å². The molecule has 0 radical (unpaired) electrons. The Labute approximate surface area is 168 Å². The molecule has 2 aromatic carbocycles. The van der Waals surface area contributed by atoms with Gasteiger partial charge >= 0.3 is 18.1 Å². The first kappa shape index (κ1) is 19.7. The zero-order valence-electron chi connectivity index (χ0n) is 13.5. The second-order valence-corrected chi connectivity index (χ2v) is 7.17. The van der Waals surface area contributed by atoms with Crippen LogP contribution in [-0.4, -0.2) is 25.2 Å². The fraction of sp³-hybridized carbons (Fsp3) is 0.176. The fourth-order valence-electron chi connectivity index (χ4n) is 2.60. The summed E-state index contributed by atoms with van der Waals surface area (Å²) in [5.74, 6) is -2.16. The monoisotopic (exact) mass is 507 g/mol. The number of esters is 1. The summed E-state index contributed by atoms with van der Waals surface area (Å²) in [6, 6.07) is 8.00. The predicted molar refractivity (Wildman–Crippen MR) is 96.8 cm³/mol. The molecule has 0 spiro atoms. The van der Waals surface area contributed by atoms with E-state index in [-0.39, 0.29) is 20.2 Å². The first-order valence-corrected chi connectivity index (χ1v) is 8.97. The molecule has 0 saturated carbocycles. The molecule has 2 aromatic rings. The molecular weight excluding hydrogens is 499 g/mol. The summed E-state index contributed by atoms with van der Waals surface area (Å²) in [7, 11) is 1.50. The molecular formula is C17H10Br2F3NO4. The smallest absolute Gasteiger partial charge is 0.471 e. The number of carbonyl (C=O) groups is 2. The Kier molecular flexibility index (Phi) is 5.22.